The summed E-state index contributed by atoms with van der Waals surface area (Å²) in [4.78, 5) is 25.4. The van der Waals surface area contributed by atoms with Crippen molar-refractivity contribution in [3.63, 3.8) is 0 Å². The molecule has 1 aliphatic carbocycles. The van der Waals surface area contributed by atoms with Gasteiger partial charge in [-0.2, -0.15) is 0 Å². The van der Waals surface area contributed by atoms with Crippen molar-refractivity contribution in [2.75, 3.05) is 0 Å². The number of rotatable bonds is 10. The van der Waals surface area contributed by atoms with Crippen LogP contribution in [0.2, 0.25) is 0 Å². The van der Waals surface area contributed by atoms with Crippen molar-refractivity contribution in [1.82, 2.24) is 0 Å². The van der Waals surface area contributed by atoms with E-state index < -0.39 is 34.9 Å². The largest absolute Gasteiger partial charge is 0.508 e. The minimum absolute atomic E-state index is 0.0317. The predicted molar refractivity (Wildman–Crippen MR) is 102 cm³/mol. The van der Waals surface area contributed by atoms with E-state index in [-0.39, 0.29) is 24.3 Å². The van der Waals surface area contributed by atoms with Crippen molar-refractivity contribution in [3.8, 4) is 0 Å². The summed E-state index contributed by atoms with van der Waals surface area (Å²) >= 11 is 0. The second-order valence-corrected chi connectivity index (χ2v) is 8.95. The maximum atomic E-state index is 12.9. The number of hydrogen-bond donors (Lipinski definition) is 3. The standard InChI is InChI=1S/C21H36O5/c1-12(2)7-9-15-19(24)18(16(22)11-14(5)6)20(25)21(15,26)17(23)10-8-13(3)4/h12-15,17,23,25-26H,7-11H2,1-6H3/t15-,17-,21?/m0/s1. The Labute approximate surface area is 157 Å². The zero-order valence-electron chi connectivity index (χ0n) is 17.1. The van der Waals surface area contributed by atoms with Crippen LogP contribution in [0.4, 0.5) is 0 Å². The Morgan fingerprint density at radius 1 is 1.00 bits per heavy atom. The molecule has 5 heteroatoms. The molecule has 0 aromatic rings. The molecule has 0 aliphatic heterocycles. The van der Waals surface area contributed by atoms with Crippen molar-refractivity contribution >= 4 is 11.6 Å². The first-order valence-electron chi connectivity index (χ1n) is 9.84. The molecule has 3 atom stereocenters. The van der Waals surface area contributed by atoms with Crippen LogP contribution >= 0.6 is 0 Å². The smallest absolute Gasteiger partial charge is 0.176 e. The van der Waals surface area contributed by atoms with Gasteiger partial charge in [0.1, 0.15) is 11.3 Å². The molecule has 5 nitrogen and oxygen atoms in total. The Hall–Kier alpha value is -1.20. The summed E-state index contributed by atoms with van der Waals surface area (Å²) in [5.74, 6) is -1.94. The van der Waals surface area contributed by atoms with E-state index in [1.807, 2.05) is 41.5 Å². The lowest BCUT2D eigenvalue weighted by molar-refractivity contribution is -0.137. The Morgan fingerprint density at radius 2 is 1.54 bits per heavy atom. The molecule has 0 saturated heterocycles. The molecule has 0 heterocycles. The van der Waals surface area contributed by atoms with Crippen LogP contribution in [0, 0.1) is 23.7 Å². The van der Waals surface area contributed by atoms with Crippen LogP contribution in [0.3, 0.4) is 0 Å². The molecule has 0 aromatic carbocycles. The molecule has 0 fully saturated rings. The van der Waals surface area contributed by atoms with Crippen LogP contribution in [0.15, 0.2) is 11.3 Å². The molecular formula is C21H36O5. The molecule has 1 rings (SSSR count). The second kappa shape index (κ2) is 9.14. The number of Topliss-reactive ketones (excluding diaryl/α,β-unsaturated/α-hetero) is 2. The lowest BCUT2D eigenvalue weighted by atomic mass is 9.78. The van der Waals surface area contributed by atoms with Crippen molar-refractivity contribution in [3.05, 3.63) is 11.3 Å². The third-order valence-electron chi connectivity index (χ3n) is 5.14. The van der Waals surface area contributed by atoms with Crippen molar-refractivity contribution < 1.29 is 24.9 Å². The monoisotopic (exact) mass is 368 g/mol. The van der Waals surface area contributed by atoms with Crippen molar-refractivity contribution in [2.24, 2.45) is 23.7 Å². The summed E-state index contributed by atoms with van der Waals surface area (Å²) in [6.45, 7) is 11.7. The molecule has 0 spiro atoms. The quantitative estimate of drug-likeness (QED) is 0.512. The Bertz CT molecular complexity index is 547. The van der Waals surface area contributed by atoms with Gasteiger partial charge < -0.3 is 15.3 Å². The normalized spacial score (nSPS) is 25.0. The first-order chi connectivity index (χ1) is 11.9. The fraction of sp³-hybridized carbons (Fsp3) is 0.810. The van der Waals surface area contributed by atoms with Gasteiger partial charge in [-0.3, -0.25) is 9.59 Å². The average molecular weight is 369 g/mol. The van der Waals surface area contributed by atoms with Gasteiger partial charge in [-0.15, -0.1) is 0 Å². The number of allylic oxidation sites excluding steroid dienone is 1. The number of aliphatic hydroxyl groups is 3. The summed E-state index contributed by atoms with van der Waals surface area (Å²) in [7, 11) is 0. The number of carbonyl (C=O) groups excluding carboxylic acids is 2. The maximum absolute atomic E-state index is 12.9. The van der Waals surface area contributed by atoms with Crippen molar-refractivity contribution in [1.29, 1.82) is 0 Å². The lowest BCUT2D eigenvalue weighted by Gasteiger charge is -2.34. The summed E-state index contributed by atoms with van der Waals surface area (Å²) in [6, 6.07) is 0. The van der Waals surface area contributed by atoms with Gasteiger partial charge in [0.15, 0.2) is 17.2 Å². The Morgan fingerprint density at radius 3 is 2.00 bits per heavy atom. The molecule has 0 bridgehead atoms. The molecule has 0 amide bonds. The minimum Gasteiger partial charge on any atom is -0.508 e. The Kier molecular flexibility index (Phi) is 8.03. The summed E-state index contributed by atoms with van der Waals surface area (Å²) in [5, 5.41) is 32.5. The highest BCUT2D eigenvalue weighted by Crippen LogP contribution is 2.44. The zero-order chi connectivity index (χ0) is 20.2. The van der Waals surface area contributed by atoms with Crippen LogP contribution in [-0.2, 0) is 9.59 Å². The van der Waals surface area contributed by atoms with Gasteiger partial charge >= 0.3 is 0 Å². The predicted octanol–water partition coefficient (Wildman–Crippen LogP) is 3.58. The van der Waals surface area contributed by atoms with Crippen LogP contribution in [0.5, 0.6) is 0 Å². The van der Waals surface area contributed by atoms with Crippen LogP contribution in [-0.4, -0.2) is 38.6 Å². The van der Waals surface area contributed by atoms with Gasteiger partial charge in [0.2, 0.25) is 0 Å². The lowest BCUT2D eigenvalue weighted by Crippen LogP contribution is -2.49. The van der Waals surface area contributed by atoms with Gasteiger partial charge in [0.25, 0.3) is 0 Å². The summed E-state index contributed by atoms with van der Waals surface area (Å²) in [6.07, 6.45) is 0.741. The highest BCUT2D eigenvalue weighted by molar-refractivity contribution is 6.23. The van der Waals surface area contributed by atoms with Crippen LogP contribution in [0.1, 0.15) is 73.6 Å². The molecular weight excluding hydrogens is 332 g/mol. The van der Waals surface area contributed by atoms with E-state index in [0.717, 1.165) is 0 Å². The zero-order valence-corrected chi connectivity index (χ0v) is 17.1. The number of carbonyl (C=O) groups is 2. The molecule has 26 heavy (non-hydrogen) atoms. The molecule has 0 saturated carbocycles. The highest BCUT2D eigenvalue weighted by Gasteiger charge is 2.58. The topological polar surface area (TPSA) is 94.8 Å². The fourth-order valence-electron chi connectivity index (χ4n) is 3.55. The highest BCUT2D eigenvalue weighted by atomic mass is 16.4. The van der Waals surface area contributed by atoms with E-state index in [2.05, 4.69) is 0 Å². The first-order valence-corrected chi connectivity index (χ1v) is 9.84. The molecule has 0 aromatic heterocycles. The van der Waals surface area contributed by atoms with E-state index >= 15 is 0 Å². The van der Waals surface area contributed by atoms with E-state index in [0.29, 0.717) is 31.1 Å². The first kappa shape index (κ1) is 22.8. The van der Waals surface area contributed by atoms with Gasteiger partial charge in [0.05, 0.1) is 12.0 Å². The van der Waals surface area contributed by atoms with Crippen LogP contribution in [0.25, 0.3) is 0 Å². The van der Waals surface area contributed by atoms with Crippen LogP contribution < -0.4 is 0 Å². The molecule has 0 radical (unpaired) electrons. The van der Waals surface area contributed by atoms with Gasteiger partial charge in [-0.1, -0.05) is 48.0 Å². The summed E-state index contributed by atoms with van der Waals surface area (Å²) < 4.78 is 0. The third-order valence-corrected chi connectivity index (χ3v) is 5.14. The van der Waals surface area contributed by atoms with Crippen molar-refractivity contribution in [2.45, 2.75) is 85.4 Å². The molecule has 3 N–H and O–H groups in total. The summed E-state index contributed by atoms with van der Waals surface area (Å²) in [5.41, 5.74) is -2.37. The Balaban J connectivity index is 3.24. The maximum Gasteiger partial charge on any atom is 0.176 e. The van der Waals surface area contributed by atoms with E-state index in [1.165, 1.54) is 0 Å². The van der Waals surface area contributed by atoms with E-state index in [4.69, 9.17) is 0 Å². The second-order valence-electron chi connectivity index (χ2n) is 8.95. The number of aliphatic hydroxyl groups excluding tert-OH is 2. The third kappa shape index (κ3) is 4.95. The van der Waals surface area contributed by atoms with Gasteiger partial charge in [0, 0.05) is 6.42 Å². The molecule has 1 aliphatic rings. The van der Waals surface area contributed by atoms with E-state index in [1.54, 1.807) is 0 Å². The SMILES string of the molecule is CC(C)CC[C@H](O)C1(O)C(O)=C(C(=O)CC(C)C)C(=O)[C@@H]1CCC(C)C. The van der Waals surface area contributed by atoms with E-state index in [9.17, 15) is 24.9 Å². The van der Waals surface area contributed by atoms with Gasteiger partial charge in [-0.05, 0) is 37.0 Å². The molecule has 1 unspecified atom stereocenters. The number of hydrogen-bond acceptors (Lipinski definition) is 5. The minimum atomic E-state index is -2.07. The number of ketones is 2. The van der Waals surface area contributed by atoms with Gasteiger partial charge in [-0.25, -0.2) is 0 Å². The fourth-order valence-corrected chi connectivity index (χ4v) is 3.55. The average Bonchev–Trinajstić information content (AvgIpc) is 2.69. The molecule has 150 valence electrons.